The van der Waals surface area contributed by atoms with E-state index in [4.69, 9.17) is 16.3 Å². The minimum Gasteiger partial charge on any atom is -0.459 e. The Morgan fingerprint density at radius 3 is 2.88 bits per heavy atom. The number of fused-ring (bicyclic) bond motifs is 1. The Labute approximate surface area is 146 Å². The molecule has 1 aromatic carbocycles. The molecular formula is C19H21ClN2O2. The fraction of sp³-hybridized carbons (Fsp3) is 0.368. The van der Waals surface area contributed by atoms with Crippen molar-refractivity contribution in [1.29, 1.82) is 0 Å². The quantitative estimate of drug-likeness (QED) is 0.661. The van der Waals surface area contributed by atoms with Crippen LogP contribution in [0.4, 0.5) is 0 Å². The number of ether oxygens (including phenoxy) is 1. The van der Waals surface area contributed by atoms with Crippen molar-refractivity contribution in [3.05, 3.63) is 47.3 Å². The SMILES string of the molecule is CC(C)(C)OC(=O)C1CC(c2ccc3ccnc(Cl)c3c2)=CCN1. The van der Waals surface area contributed by atoms with Crippen LogP contribution in [0.3, 0.4) is 0 Å². The molecule has 5 heteroatoms. The van der Waals surface area contributed by atoms with Crippen LogP contribution in [0.2, 0.25) is 5.15 Å². The molecule has 3 rings (SSSR count). The summed E-state index contributed by atoms with van der Waals surface area (Å²) in [5, 5.41) is 5.67. The van der Waals surface area contributed by atoms with Gasteiger partial charge in [0.25, 0.3) is 0 Å². The first-order chi connectivity index (χ1) is 11.3. The molecule has 0 saturated heterocycles. The van der Waals surface area contributed by atoms with E-state index in [1.807, 2.05) is 39.0 Å². The van der Waals surface area contributed by atoms with E-state index in [9.17, 15) is 4.79 Å². The Balaban J connectivity index is 1.84. The van der Waals surface area contributed by atoms with Crippen molar-refractivity contribution >= 4 is 33.9 Å². The molecule has 4 nitrogen and oxygen atoms in total. The van der Waals surface area contributed by atoms with Gasteiger partial charge in [0, 0.05) is 18.1 Å². The van der Waals surface area contributed by atoms with E-state index >= 15 is 0 Å². The number of carbonyl (C=O) groups excluding carboxylic acids is 1. The number of halogens is 1. The van der Waals surface area contributed by atoms with E-state index in [2.05, 4.69) is 22.4 Å². The van der Waals surface area contributed by atoms with Crippen molar-refractivity contribution in [2.45, 2.75) is 38.8 Å². The van der Waals surface area contributed by atoms with Gasteiger partial charge in [-0.05, 0) is 55.8 Å². The molecule has 0 spiro atoms. The summed E-state index contributed by atoms with van der Waals surface area (Å²) in [6.45, 7) is 6.27. The van der Waals surface area contributed by atoms with E-state index in [-0.39, 0.29) is 12.0 Å². The number of hydrogen-bond acceptors (Lipinski definition) is 4. The summed E-state index contributed by atoms with van der Waals surface area (Å²) in [7, 11) is 0. The molecular weight excluding hydrogens is 324 g/mol. The summed E-state index contributed by atoms with van der Waals surface area (Å²) in [4.78, 5) is 16.5. The van der Waals surface area contributed by atoms with Crippen molar-refractivity contribution in [2.75, 3.05) is 6.54 Å². The van der Waals surface area contributed by atoms with E-state index in [0.717, 1.165) is 21.9 Å². The summed E-state index contributed by atoms with van der Waals surface area (Å²) >= 11 is 6.20. The zero-order chi connectivity index (χ0) is 17.3. The van der Waals surface area contributed by atoms with Crippen LogP contribution < -0.4 is 5.32 Å². The highest BCUT2D eigenvalue weighted by molar-refractivity contribution is 6.34. The normalized spacial score (nSPS) is 18.3. The Hall–Kier alpha value is -1.91. The molecule has 1 aliphatic rings. The third-order valence-corrected chi connectivity index (χ3v) is 4.22. The first-order valence-electron chi connectivity index (χ1n) is 8.03. The number of nitrogens with zero attached hydrogens (tertiary/aromatic N) is 1. The van der Waals surface area contributed by atoms with E-state index in [1.165, 1.54) is 0 Å². The molecule has 0 fully saturated rings. The highest BCUT2D eigenvalue weighted by Crippen LogP contribution is 2.29. The van der Waals surface area contributed by atoms with Crippen molar-refractivity contribution in [1.82, 2.24) is 10.3 Å². The maximum Gasteiger partial charge on any atom is 0.324 e. The molecule has 1 aromatic heterocycles. The molecule has 1 unspecified atom stereocenters. The minimum absolute atomic E-state index is 0.214. The van der Waals surface area contributed by atoms with Gasteiger partial charge in [-0.2, -0.15) is 0 Å². The number of hydrogen-bond donors (Lipinski definition) is 1. The lowest BCUT2D eigenvalue weighted by atomic mass is 9.94. The predicted octanol–water partition coefficient (Wildman–Crippen LogP) is 3.98. The summed E-state index contributed by atoms with van der Waals surface area (Å²) in [5.41, 5.74) is 1.70. The molecule has 1 aliphatic heterocycles. The number of aromatic nitrogens is 1. The van der Waals surface area contributed by atoms with Crippen molar-refractivity contribution in [3.63, 3.8) is 0 Å². The molecule has 0 bridgehead atoms. The molecule has 0 saturated carbocycles. The Morgan fingerprint density at radius 2 is 2.12 bits per heavy atom. The van der Waals surface area contributed by atoms with Crippen molar-refractivity contribution in [3.8, 4) is 0 Å². The Bertz CT molecular complexity index is 809. The molecule has 24 heavy (non-hydrogen) atoms. The van der Waals surface area contributed by atoms with Crippen LogP contribution in [0.15, 0.2) is 36.5 Å². The molecule has 2 aromatic rings. The van der Waals surface area contributed by atoms with Gasteiger partial charge in [-0.25, -0.2) is 4.98 Å². The fourth-order valence-corrected chi connectivity index (χ4v) is 3.03. The van der Waals surface area contributed by atoms with Crippen LogP contribution in [0.5, 0.6) is 0 Å². The van der Waals surface area contributed by atoms with Crippen LogP contribution in [0, 0.1) is 0 Å². The Morgan fingerprint density at radius 1 is 1.33 bits per heavy atom. The summed E-state index contributed by atoms with van der Waals surface area (Å²) in [6.07, 6.45) is 4.40. The van der Waals surface area contributed by atoms with Gasteiger partial charge >= 0.3 is 5.97 Å². The number of carbonyl (C=O) groups is 1. The third kappa shape index (κ3) is 3.77. The second kappa shape index (κ2) is 6.54. The molecule has 0 radical (unpaired) electrons. The molecule has 2 heterocycles. The minimum atomic E-state index is -0.484. The van der Waals surface area contributed by atoms with Gasteiger partial charge in [0.1, 0.15) is 16.8 Å². The second-order valence-electron chi connectivity index (χ2n) is 6.97. The average Bonchev–Trinajstić information content (AvgIpc) is 2.53. The molecule has 0 aliphatic carbocycles. The van der Waals surface area contributed by atoms with E-state index in [0.29, 0.717) is 18.1 Å². The van der Waals surface area contributed by atoms with Gasteiger partial charge in [-0.15, -0.1) is 0 Å². The lowest BCUT2D eigenvalue weighted by Crippen LogP contribution is -2.43. The summed E-state index contributed by atoms with van der Waals surface area (Å²) in [5.74, 6) is -0.214. The number of rotatable bonds is 2. The number of benzene rings is 1. The lowest BCUT2D eigenvalue weighted by Gasteiger charge is -2.27. The molecule has 1 N–H and O–H groups in total. The van der Waals surface area contributed by atoms with Crippen LogP contribution >= 0.6 is 11.6 Å². The number of nitrogens with one attached hydrogen (secondary N) is 1. The first kappa shape index (κ1) is 16.9. The second-order valence-corrected chi connectivity index (χ2v) is 7.32. The molecule has 1 atom stereocenters. The maximum absolute atomic E-state index is 12.3. The topological polar surface area (TPSA) is 51.2 Å². The van der Waals surface area contributed by atoms with Gasteiger partial charge in [0.15, 0.2) is 0 Å². The zero-order valence-corrected chi connectivity index (χ0v) is 14.9. The first-order valence-corrected chi connectivity index (χ1v) is 8.41. The average molecular weight is 345 g/mol. The Kier molecular flexibility index (Phi) is 4.61. The summed E-state index contributed by atoms with van der Waals surface area (Å²) < 4.78 is 5.49. The standard InChI is InChI=1S/C19H21ClN2O2/c1-19(2,3)24-18(23)16-11-14(7-8-21-16)13-5-4-12-6-9-22-17(20)15(12)10-13/h4-7,9-10,16,21H,8,11H2,1-3H3. The molecule has 126 valence electrons. The monoisotopic (exact) mass is 344 g/mol. The summed E-state index contributed by atoms with van der Waals surface area (Å²) in [6, 6.07) is 7.73. The van der Waals surface area contributed by atoms with Crippen molar-refractivity contribution in [2.24, 2.45) is 0 Å². The van der Waals surface area contributed by atoms with Crippen LogP contribution in [-0.2, 0) is 9.53 Å². The zero-order valence-electron chi connectivity index (χ0n) is 14.1. The number of esters is 1. The maximum atomic E-state index is 12.3. The number of pyridine rings is 1. The van der Waals surface area contributed by atoms with Gasteiger partial charge in [-0.1, -0.05) is 29.8 Å². The van der Waals surface area contributed by atoms with Crippen LogP contribution in [0.1, 0.15) is 32.8 Å². The largest absolute Gasteiger partial charge is 0.459 e. The van der Waals surface area contributed by atoms with Crippen molar-refractivity contribution < 1.29 is 9.53 Å². The van der Waals surface area contributed by atoms with Gasteiger partial charge in [0.2, 0.25) is 0 Å². The van der Waals surface area contributed by atoms with Gasteiger partial charge < -0.3 is 10.1 Å². The highest BCUT2D eigenvalue weighted by atomic mass is 35.5. The molecule has 0 amide bonds. The lowest BCUT2D eigenvalue weighted by molar-refractivity contribution is -0.157. The highest BCUT2D eigenvalue weighted by Gasteiger charge is 2.27. The predicted molar refractivity (Wildman–Crippen MR) is 97.0 cm³/mol. The van der Waals surface area contributed by atoms with Crippen LogP contribution in [0.25, 0.3) is 16.3 Å². The fourth-order valence-electron chi connectivity index (χ4n) is 2.81. The smallest absolute Gasteiger partial charge is 0.324 e. The van der Waals surface area contributed by atoms with Crippen LogP contribution in [-0.4, -0.2) is 29.1 Å². The van der Waals surface area contributed by atoms with Gasteiger partial charge in [-0.3, -0.25) is 4.79 Å². The third-order valence-electron chi connectivity index (χ3n) is 3.92. The van der Waals surface area contributed by atoms with E-state index < -0.39 is 5.60 Å². The van der Waals surface area contributed by atoms with Gasteiger partial charge in [0.05, 0.1) is 0 Å². The van der Waals surface area contributed by atoms with E-state index in [1.54, 1.807) is 6.20 Å².